The number of aryl methyl sites for hydroxylation is 2. The van der Waals surface area contributed by atoms with Crippen LogP contribution in [0, 0.1) is 5.82 Å². The molecule has 0 spiro atoms. The molecule has 0 bridgehead atoms. The number of hydrogen-bond acceptors (Lipinski definition) is 2. The summed E-state index contributed by atoms with van der Waals surface area (Å²) in [5.41, 5.74) is 3.83. The Balaban J connectivity index is 1.93. The molecule has 126 valence electrons. The van der Waals surface area contributed by atoms with Crippen molar-refractivity contribution in [3.63, 3.8) is 0 Å². The molecule has 3 heteroatoms. The lowest BCUT2D eigenvalue weighted by Crippen LogP contribution is -1.92. The molecule has 0 atom stereocenters. The third-order valence-electron chi connectivity index (χ3n) is 3.88. The first-order valence-corrected chi connectivity index (χ1v) is 8.66. The van der Waals surface area contributed by atoms with E-state index in [0.717, 1.165) is 36.0 Å². The molecular weight excluding hydrogens is 299 g/mol. The maximum Gasteiger partial charge on any atom is 0.127 e. The third-order valence-corrected chi connectivity index (χ3v) is 3.88. The van der Waals surface area contributed by atoms with Crippen LogP contribution in [0.25, 0.3) is 0 Å². The van der Waals surface area contributed by atoms with Crippen LogP contribution in [0.3, 0.4) is 0 Å². The summed E-state index contributed by atoms with van der Waals surface area (Å²) in [4.78, 5) is 0. The SMILES string of the molecule is CCCCc1ccc(/C=N/N=C/c2ccc(CCC)c(F)c2)cc1. The van der Waals surface area contributed by atoms with E-state index in [1.165, 1.54) is 24.5 Å². The molecule has 0 saturated heterocycles. The van der Waals surface area contributed by atoms with Gasteiger partial charge in [0, 0.05) is 0 Å². The fraction of sp³-hybridized carbons (Fsp3) is 0.333. The second kappa shape index (κ2) is 9.76. The van der Waals surface area contributed by atoms with Gasteiger partial charge in [0.15, 0.2) is 0 Å². The maximum atomic E-state index is 13.8. The van der Waals surface area contributed by atoms with Crippen LogP contribution >= 0.6 is 0 Å². The van der Waals surface area contributed by atoms with E-state index in [4.69, 9.17) is 0 Å². The van der Waals surface area contributed by atoms with Crippen LogP contribution in [0.2, 0.25) is 0 Å². The van der Waals surface area contributed by atoms with Crippen LogP contribution in [0.15, 0.2) is 52.7 Å². The number of unbranched alkanes of at least 4 members (excludes halogenated alkanes) is 1. The molecule has 24 heavy (non-hydrogen) atoms. The normalized spacial score (nSPS) is 11.6. The lowest BCUT2D eigenvalue weighted by Gasteiger charge is -2.01. The summed E-state index contributed by atoms with van der Waals surface area (Å²) in [6.45, 7) is 4.24. The van der Waals surface area contributed by atoms with Gasteiger partial charge in [0.1, 0.15) is 5.82 Å². The van der Waals surface area contributed by atoms with E-state index in [-0.39, 0.29) is 5.82 Å². The van der Waals surface area contributed by atoms with Crippen molar-refractivity contribution in [2.24, 2.45) is 10.2 Å². The molecular formula is C21H25FN2. The van der Waals surface area contributed by atoms with E-state index in [1.807, 2.05) is 31.2 Å². The molecule has 2 aromatic carbocycles. The lowest BCUT2D eigenvalue weighted by atomic mass is 10.1. The number of halogens is 1. The molecule has 0 unspecified atom stereocenters. The number of nitrogens with zero attached hydrogens (tertiary/aromatic N) is 2. The molecule has 0 fully saturated rings. The van der Waals surface area contributed by atoms with Gasteiger partial charge in [0.25, 0.3) is 0 Å². The van der Waals surface area contributed by atoms with Crippen LogP contribution in [-0.2, 0) is 12.8 Å². The largest absolute Gasteiger partial charge is 0.207 e. The summed E-state index contributed by atoms with van der Waals surface area (Å²) < 4.78 is 13.8. The van der Waals surface area contributed by atoms with Gasteiger partial charge in [-0.25, -0.2) is 4.39 Å². The van der Waals surface area contributed by atoms with Gasteiger partial charge in [-0.2, -0.15) is 10.2 Å². The Morgan fingerprint density at radius 1 is 0.833 bits per heavy atom. The average molecular weight is 324 g/mol. The molecule has 0 aromatic heterocycles. The minimum absolute atomic E-state index is 0.174. The molecule has 0 amide bonds. The zero-order valence-electron chi connectivity index (χ0n) is 14.5. The maximum absolute atomic E-state index is 13.8. The smallest absolute Gasteiger partial charge is 0.127 e. The van der Waals surface area contributed by atoms with Gasteiger partial charge in [0.2, 0.25) is 0 Å². The monoisotopic (exact) mass is 324 g/mol. The Labute approximate surface area is 144 Å². The minimum atomic E-state index is -0.174. The summed E-state index contributed by atoms with van der Waals surface area (Å²) >= 11 is 0. The summed E-state index contributed by atoms with van der Waals surface area (Å²) in [7, 11) is 0. The molecule has 2 nitrogen and oxygen atoms in total. The van der Waals surface area contributed by atoms with Gasteiger partial charge in [-0.05, 0) is 47.6 Å². The van der Waals surface area contributed by atoms with Crippen LogP contribution in [0.1, 0.15) is 55.4 Å². The van der Waals surface area contributed by atoms with Crippen molar-refractivity contribution in [2.75, 3.05) is 0 Å². The highest BCUT2D eigenvalue weighted by atomic mass is 19.1. The van der Waals surface area contributed by atoms with Gasteiger partial charge >= 0.3 is 0 Å². The lowest BCUT2D eigenvalue weighted by molar-refractivity contribution is 0.607. The van der Waals surface area contributed by atoms with E-state index in [2.05, 4.69) is 29.3 Å². The van der Waals surface area contributed by atoms with Gasteiger partial charge in [0.05, 0.1) is 12.4 Å². The highest BCUT2D eigenvalue weighted by Gasteiger charge is 2.01. The minimum Gasteiger partial charge on any atom is -0.207 e. The van der Waals surface area contributed by atoms with Crippen molar-refractivity contribution in [1.82, 2.24) is 0 Å². The Morgan fingerprint density at radius 3 is 2.12 bits per heavy atom. The molecule has 0 aliphatic rings. The van der Waals surface area contributed by atoms with Crippen molar-refractivity contribution in [3.05, 3.63) is 70.5 Å². The summed E-state index contributed by atoms with van der Waals surface area (Å²) in [5, 5.41) is 8.04. The molecule has 0 saturated carbocycles. The highest BCUT2D eigenvalue weighted by Crippen LogP contribution is 2.11. The van der Waals surface area contributed by atoms with E-state index in [9.17, 15) is 4.39 Å². The van der Waals surface area contributed by atoms with Crippen molar-refractivity contribution in [3.8, 4) is 0 Å². The first-order valence-electron chi connectivity index (χ1n) is 8.66. The van der Waals surface area contributed by atoms with Crippen molar-refractivity contribution in [1.29, 1.82) is 0 Å². The van der Waals surface area contributed by atoms with E-state index < -0.39 is 0 Å². The number of hydrogen-bond donors (Lipinski definition) is 0. The van der Waals surface area contributed by atoms with E-state index >= 15 is 0 Å². The molecule has 0 heterocycles. The predicted octanol–water partition coefficient (Wildman–Crippen LogP) is 5.57. The number of benzene rings is 2. The fourth-order valence-electron chi connectivity index (χ4n) is 2.47. The second-order valence-corrected chi connectivity index (χ2v) is 5.94. The van der Waals surface area contributed by atoms with Gasteiger partial charge in [-0.1, -0.05) is 63.1 Å². The van der Waals surface area contributed by atoms with E-state index in [0.29, 0.717) is 0 Å². The summed E-state index contributed by atoms with van der Waals surface area (Å²) in [5.74, 6) is -0.174. The van der Waals surface area contributed by atoms with Crippen molar-refractivity contribution < 1.29 is 4.39 Å². The Bertz CT molecular complexity index is 687. The van der Waals surface area contributed by atoms with Crippen LogP contribution < -0.4 is 0 Å². The first-order chi connectivity index (χ1) is 11.7. The number of rotatable bonds is 8. The molecule has 0 radical (unpaired) electrons. The van der Waals surface area contributed by atoms with Crippen LogP contribution in [0.5, 0.6) is 0 Å². The van der Waals surface area contributed by atoms with E-state index in [1.54, 1.807) is 12.4 Å². The van der Waals surface area contributed by atoms with Gasteiger partial charge in [-0.3, -0.25) is 0 Å². The third kappa shape index (κ3) is 5.73. The Kier molecular flexibility index (Phi) is 7.34. The summed E-state index contributed by atoms with van der Waals surface area (Å²) in [6, 6.07) is 13.5. The van der Waals surface area contributed by atoms with Crippen molar-refractivity contribution in [2.45, 2.75) is 46.0 Å². The predicted molar refractivity (Wildman–Crippen MR) is 101 cm³/mol. The van der Waals surface area contributed by atoms with Gasteiger partial charge < -0.3 is 0 Å². The van der Waals surface area contributed by atoms with Crippen LogP contribution in [0.4, 0.5) is 4.39 Å². The Morgan fingerprint density at radius 2 is 1.50 bits per heavy atom. The molecule has 0 N–H and O–H groups in total. The summed E-state index contributed by atoms with van der Waals surface area (Å²) in [6.07, 6.45) is 8.52. The zero-order valence-corrected chi connectivity index (χ0v) is 14.5. The molecule has 0 aliphatic carbocycles. The molecule has 0 aliphatic heterocycles. The Hall–Kier alpha value is -2.29. The zero-order chi connectivity index (χ0) is 17.2. The standard InChI is InChI=1S/C21H25FN2/c1-3-5-7-17-8-10-18(11-9-17)15-23-24-16-19-12-13-20(6-4-2)21(22)14-19/h8-16H,3-7H2,1-2H3/b23-15+,24-16+. The molecule has 2 rings (SSSR count). The quantitative estimate of drug-likeness (QED) is 0.448. The van der Waals surface area contributed by atoms with Crippen LogP contribution in [-0.4, -0.2) is 12.4 Å². The fourth-order valence-corrected chi connectivity index (χ4v) is 2.47. The first kappa shape index (κ1) is 18.1. The topological polar surface area (TPSA) is 24.7 Å². The van der Waals surface area contributed by atoms with Gasteiger partial charge in [-0.15, -0.1) is 0 Å². The average Bonchev–Trinajstić information content (AvgIpc) is 2.60. The second-order valence-electron chi connectivity index (χ2n) is 5.94. The highest BCUT2D eigenvalue weighted by molar-refractivity contribution is 5.82. The van der Waals surface area contributed by atoms with Crippen molar-refractivity contribution >= 4 is 12.4 Å². The molecule has 2 aromatic rings.